The summed E-state index contributed by atoms with van der Waals surface area (Å²) in [4.78, 5) is 21.9. The van der Waals surface area contributed by atoms with Gasteiger partial charge in [-0.25, -0.2) is 4.79 Å². The summed E-state index contributed by atoms with van der Waals surface area (Å²) in [5.74, 6) is 0.130. The first-order chi connectivity index (χ1) is 8.01. The molecule has 0 amide bonds. The second kappa shape index (κ2) is 8.50. The zero-order chi connectivity index (χ0) is 13.3. The minimum absolute atomic E-state index is 0.319. The highest BCUT2D eigenvalue weighted by Crippen LogP contribution is 2.05. The van der Waals surface area contributed by atoms with Gasteiger partial charge in [0.25, 0.3) is 0 Å². The SMILES string of the molecule is C=C(C=O)/C=C\C(=C/C)C(=O)OCCC(C)C. The van der Waals surface area contributed by atoms with Gasteiger partial charge in [0.2, 0.25) is 0 Å². The van der Waals surface area contributed by atoms with Crippen LogP contribution in [0.15, 0.2) is 36.0 Å². The van der Waals surface area contributed by atoms with Gasteiger partial charge in [0.15, 0.2) is 0 Å². The summed E-state index contributed by atoms with van der Waals surface area (Å²) < 4.78 is 5.10. The van der Waals surface area contributed by atoms with Crippen LogP contribution >= 0.6 is 0 Å². The van der Waals surface area contributed by atoms with Crippen LogP contribution in [0.2, 0.25) is 0 Å². The molecule has 0 aromatic heterocycles. The van der Waals surface area contributed by atoms with E-state index in [4.69, 9.17) is 4.74 Å². The number of rotatable bonds is 7. The Morgan fingerprint density at radius 1 is 1.35 bits per heavy atom. The zero-order valence-corrected chi connectivity index (χ0v) is 10.7. The molecule has 0 bridgehead atoms. The third-order valence-corrected chi connectivity index (χ3v) is 2.10. The Morgan fingerprint density at radius 3 is 2.47 bits per heavy atom. The Balaban J connectivity index is 4.28. The molecule has 17 heavy (non-hydrogen) atoms. The van der Waals surface area contributed by atoms with E-state index in [1.165, 1.54) is 12.2 Å². The smallest absolute Gasteiger partial charge is 0.337 e. The molecular formula is C14H20O3. The number of carbonyl (C=O) groups excluding carboxylic acids is 2. The number of carbonyl (C=O) groups is 2. The molecule has 0 spiro atoms. The minimum atomic E-state index is -0.372. The molecule has 0 saturated heterocycles. The Hall–Kier alpha value is -1.64. The second-order valence-corrected chi connectivity index (χ2v) is 4.09. The van der Waals surface area contributed by atoms with Crippen molar-refractivity contribution in [1.82, 2.24) is 0 Å². The van der Waals surface area contributed by atoms with E-state index in [-0.39, 0.29) is 5.97 Å². The third kappa shape index (κ3) is 7.28. The van der Waals surface area contributed by atoms with E-state index in [9.17, 15) is 9.59 Å². The first-order valence-electron chi connectivity index (χ1n) is 5.66. The van der Waals surface area contributed by atoms with Crippen LogP contribution in [0.1, 0.15) is 27.2 Å². The van der Waals surface area contributed by atoms with E-state index in [1.807, 2.05) is 0 Å². The summed E-state index contributed by atoms with van der Waals surface area (Å²) in [7, 11) is 0. The lowest BCUT2D eigenvalue weighted by Gasteiger charge is -2.06. The normalized spacial score (nSPS) is 11.9. The molecule has 0 N–H and O–H groups in total. The van der Waals surface area contributed by atoms with Gasteiger partial charge in [-0.15, -0.1) is 0 Å². The molecule has 0 aliphatic heterocycles. The lowest BCUT2D eigenvalue weighted by Crippen LogP contribution is -2.09. The van der Waals surface area contributed by atoms with Gasteiger partial charge in [-0.1, -0.05) is 32.6 Å². The molecule has 0 fully saturated rings. The predicted molar refractivity (Wildman–Crippen MR) is 68.5 cm³/mol. The summed E-state index contributed by atoms with van der Waals surface area (Å²) in [6.07, 6.45) is 6.15. The van der Waals surface area contributed by atoms with Crippen LogP contribution in [0, 0.1) is 5.92 Å². The number of hydrogen-bond donors (Lipinski definition) is 0. The number of hydrogen-bond acceptors (Lipinski definition) is 3. The van der Waals surface area contributed by atoms with Gasteiger partial charge in [-0.05, 0) is 25.3 Å². The van der Waals surface area contributed by atoms with Crippen molar-refractivity contribution in [2.75, 3.05) is 6.61 Å². The lowest BCUT2D eigenvalue weighted by molar-refractivity contribution is -0.138. The third-order valence-electron chi connectivity index (χ3n) is 2.10. The quantitative estimate of drug-likeness (QED) is 0.295. The summed E-state index contributed by atoms with van der Waals surface area (Å²) in [5, 5.41) is 0. The topological polar surface area (TPSA) is 43.4 Å². The maximum atomic E-state index is 11.6. The number of esters is 1. The minimum Gasteiger partial charge on any atom is -0.462 e. The highest BCUT2D eigenvalue weighted by Gasteiger charge is 2.07. The van der Waals surface area contributed by atoms with E-state index in [2.05, 4.69) is 20.4 Å². The van der Waals surface area contributed by atoms with Crippen LogP contribution < -0.4 is 0 Å². The molecule has 0 aliphatic rings. The van der Waals surface area contributed by atoms with E-state index >= 15 is 0 Å². The highest BCUT2D eigenvalue weighted by molar-refractivity contribution is 5.92. The van der Waals surface area contributed by atoms with Crippen LogP contribution in [0.3, 0.4) is 0 Å². The average molecular weight is 236 g/mol. The molecule has 0 unspecified atom stereocenters. The van der Waals surface area contributed by atoms with Crippen LogP contribution in [-0.2, 0) is 14.3 Å². The van der Waals surface area contributed by atoms with Gasteiger partial charge in [0.1, 0.15) is 6.29 Å². The van der Waals surface area contributed by atoms with Gasteiger partial charge >= 0.3 is 5.97 Å². The zero-order valence-electron chi connectivity index (χ0n) is 10.7. The standard InChI is InChI=1S/C14H20O3/c1-5-13(7-6-12(4)10-15)14(16)17-9-8-11(2)3/h5-7,10-11H,4,8-9H2,1-3H3/b7-6-,13-5+. The van der Waals surface area contributed by atoms with Crippen LogP contribution in [0.4, 0.5) is 0 Å². The summed E-state index contributed by atoms with van der Waals surface area (Å²) in [6, 6.07) is 0. The molecule has 3 nitrogen and oxygen atoms in total. The van der Waals surface area contributed by atoms with E-state index in [1.54, 1.807) is 13.0 Å². The molecule has 3 heteroatoms. The molecule has 0 rings (SSSR count). The van der Waals surface area contributed by atoms with Gasteiger partial charge in [0.05, 0.1) is 12.2 Å². The molecule has 0 atom stereocenters. The summed E-state index contributed by atoms with van der Waals surface area (Å²) >= 11 is 0. The van der Waals surface area contributed by atoms with Crippen molar-refractivity contribution in [3.05, 3.63) is 36.0 Å². The highest BCUT2D eigenvalue weighted by atomic mass is 16.5. The fourth-order valence-corrected chi connectivity index (χ4v) is 0.989. The van der Waals surface area contributed by atoms with Crippen molar-refractivity contribution in [2.45, 2.75) is 27.2 Å². The van der Waals surface area contributed by atoms with E-state index in [0.717, 1.165) is 6.42 Å². The Labute approximate surface area is 103 Å². The molecule has 0 aromatic rings. The molecule has 0 aliphatic carbocycles. The van der Waals surface area contributed by atoms with Crippen molar-refractivity contribution in [3.8, 4) is 0 Å². The Kier molecular flexibility index (Phi) is 7.68. The van der Waals surface area contributed by atoms with Crippen molar-refractivity contribution >= 4 is 12.3 Å². The summed E-state index contributed by atoms with van der Waals surface area (Å²) in [5.41, 5.74) is 0.746. The predicted octanol–water partition coefficient (Wildman–Crippen LogP) is 2.83. The number of aldehydes is 1. The Bertz CT molecular complexity index is 335. The molecule has 94 valence electrons. The molecule has 0 heterocycles. The largest absolute Gasteiger partial charge is 0.462 e. The molecular weight excluding hydrogens is 216 g/mol. The van der Waals surface area contributed by atoms with Gasteiger partial charge < -0.3 is 4.74 Å². The number of ether oxygens (including phenoxy) is 1. The lowest BCUT2D eigenvalue weighted by atomic mass is 10.1. The van der Waals surface area contributed by atoms with Crippen LogP contribution in [0.25, 0.3) is 0 Å². The number of allylic oxidation sites excluding steroid dienone is 3. The molecule has 0 saturated carbocycles. The van der Waals surface area contributed by atoms with Crippen molar-refractivity contribution in [1.29, 1.82) is 0 Å². The average Bonchev–Trinajstić information content (AvgIpc) is 2.28. The van der Waals surface area contributed by atoms with Gasteiger partial charge in [-0.3, -0.25) is 4.79 Å². The summed E-state index contributed by atoms with van der Waals surface area (Å²) in [6.45, 7) is 9.78. The second-order valence-electron chi connectivity index (χ2n) is 4.09. The Morgan fingerprint density at radius 2 is 2.00 bits per heavy atom. The van der Waals surface area contributed by atoms with Gasteiger partial charge in [-0.2, -0.15) is 0 Å². The maximum absolute atomic E-state index is 11.6. The van der Waals surface area contributed by atoms with E-state index in [0.29, 0.717) is 30.0 Å². The molecule has 0 radical (unpaired) electrons. The first kappa shape index (κ1) is 15.4. The van der Waals surface area contributed by atoms with Crippen molar-refractivity contribution in [3.63, 3.8) is 0 Å². The van der Waals surface area contributed by atoms with E-state index < -0.39 is 0 Å². The van der Waals surface area contributed by atoms with Crippen molar-refractivity contribution in [2.24, 2.45) is 5.92 Å². The van der Waals surface area contributed by atoms with Crippen LogP contribution in [-0.4, -0.2) is 18.9 Å². The van der Waals surface area contributed by atoms with Crippen LogP contribution in [0.5, 0.6) is 0 Å². The van der Waals surface area contributed by atoms with Gasteiger partial charge in [0, 0.05) is 5.57 Å². The first-order valence-corrected chi connectivity index (χ1v) is 5.66. The maximum Gasteiger partial charge on any atom is 0.337 e. The monoisotopic (exact) mass is 236 g/mol. The van der Waals surface area contributed by atoms with Crippen molar-refractivity contribution < 1.29 is 14.3 Å². The fourth-order valence-electron chi connectivity index (χ4n) is 0.989. The molecule has 0 aromatic carbocycles. The fraction of sp³-hybridized carbons (Fsp3) is 0.429.